The molecule has 2 heterocycles. The van der Waals surface area contributed by atoms with Crippen LogP contribution in [-0.2, 0) is 6.42 Å². The lowest BCUT2D eigenvalue weighted by atomic mass is 10.3. The van der Waals surface area contributed by atoms with Crippen molar-refractivity contribution in [3.8, 4) is 5.88 Å². The zero-order valence-corrected chi connectivity index (χ0v) is 10.6. The molecule has 0 bridgehead atoms. The molecule has 0 aliphatic rings. The second kappa shape index (κ2) is 4.24. The van der Waals surface area contributed by atoms with E-state index in [1.807, 2.05) is 19.1 Å². The van der Waals surface area contributed by atoms with Crippen molar-refractivity contribution in [3.05, 3.63) is 21.5 Å². The van der Waals surface area contributed by atoms with Gasteiger partial charge in [0.2, 0.25) is 5.88 Å². The Kier molecular flexibility index (Phi) is 2.95. The van der Waals surface area contributed by atoms with Gasteiger partial charge in [-0.25, -0.2) is 9.31 Å². The third-order valence-electron chi connectivity index (χ3n) is 2.03. The lowest BCUT2D eigenvalue weighted by Crippen LogP contribution is -2.17. The van der Waals surface area contributed by atoms with Gasteiger partial charge >= 0.3 is 6.09 Å². The van der Waals surface area contributed by atoms with Crippen LogP contribution in [0.5, 0.6) is 5.88 Å². The number of hydrogen-bond donors (Lipinski definition) is 1. The first-order chi connectivity index (χ1) is 7.61. The Morgan fingerprint density at radius 1 is 1.62 bits per heavy atom. The maximum Gasteiger partial charge on any atom is 0.411 e. The summed E-state index contributed by atoms with van der Waals surface area (Å²) in [6.07, 6.45) is -0.218. The van der Waals surface area contributed by atoms with Crippen molar-refractivity contribution in [1.29, 1.82) is 0 Å². The molecule has 0 aliphatic heterocycles. The summed E-state index contributed by atoms with van der Waals surface area (Å²) in [6, 6.07) is 3.64. The second-order valence-corrected chi connectivity index (χ2v) is 4.17. The van der Waals surface area contributed by atoms with Gasteiger partial charge in [-0.05, 0) is 41.1 Å². The van der Waals surface area contributed by atoms with Gasteiger partial charge in [-0.1, -0.05) is 6.92 Å². The fourth-order valence-corrected chi connectivity index (χ4v) is 1.81. The average molecular weight is 332 g/mol. The average Bonchev–Trinajstić information content (AvgIpc) is 2.53. The van der Waals surface area contributed by atoms with Gasteiger partial charge in [0.05, 0.1) is 0 Å². The number of aromatic nitrogens is 3. The van der Waals surface area contributed by atoms with Crippen LogP contribution in [0.15, 0.2) is 12.1 Å². The molecule has 0 spiro atoms. The van der Waals surface area contributed by atoms with Crippen molar-refractivity contribution in [2.24, 2.45) is 5.73 Å². The van der Waals surface area contributed by atoms with E-state index < -0.39 is 6.09 Å². The summed E-state index contributed by atoms with van der Waals surface area (Å²) < 4.78 is 7.31. The first kappa shape index (κ1) is 11.1. The Bertz CT molecular complexity index is 552. The topological polar surface area (TPSA) is 82.5 Å². The maximum absolute atomic E-state index is 10.7. The Morgan fingerprint density at radius 3 is 3.00 bits per heavy atom. The monoisotopic (exact) mass is 332 g/mol. The highest BCUT2D eigenvalue weighted by atomic mass is 127. The molecule has 2 rings (SSSR count). The molecule has 0 unspecified atom stereocenters. The standard InChI is InChI=1S/C9H9IN4O2/c1-2-5-8(16-9(11)15)12-7-4-3-6(10)13-14(5)7/h3-4H,2H2,1H3,(H2,11,15). The summed E-state index contributed by atoms with van der Waals surface area (Å²) >= 11 is 2.10. The molecule has 2 N–H and O–H groups in total. The van der Waals surface area contributed by atoms with E-state index in [0.717, 1.165) is 9.39 Å². The van der Waals surface area contributed by atoms with E-state index in [1.165, 1.54) is 0 Å². The predicted molar refractivity (Wildman–Crippen MR) is 65.3 cm³/mol. The summed E-state index contributed by atoms with van der Waals surface area (Å²) in [5.74, 6) is 0.226. The number of hydrogen-bond acceptors (Lipinski definition) is 4. The van der Waals surface area contributed by atoms with Gasteiger partial charge in [-0.3, -0.25) is 0 Å². The van der Waals surface area contributed by atoms with Crippen LogP contribution in [0.4, 0.5) is 4.79 Å². The summed E-state index contributed by atoms with van der Waals surface area (Å²) in [5, 5.41) is 4.28. The summed E-state index contributed by atoms with van der Waals surface area (Å²) in [4.78, 5) is 14.8. The van der Waals surface area contributed by atoms with Crippen molar-refractivity contribution in [1.82, 2.24) is 14.6 Å². The van der Waals surface area contributed by atoms with Crippen molar-refractivity contribution in [2.75, 3.05) is 0 Å². The van der Waals surface area contributed by atoms with Crippen molar-refractivity contribution in [3.63, 3.8) is 0 Å². The second-order valence-electron chi connectivity index (χ2n) is 3.06. The molecule has 0 atom stereocenters. The minimum atomic E-state index is -0.868. The molecular formula is C9H9IN4O2. The van der Waals surface area contributed by atoms with Gasteiger partial charge < -0.3 is 10.5 Å². The number of amides is 1. The van der Waals surface area contributed by atoms with E-state index in [1.54, 1.807) is 4.52 Å². The van der Waals surface area contributed by atoms with Gasteiger partial charge in [-0.15, -0.1) is 0 Å². The van der Waals surface area contributed by atoms with E-state index >= 15 is 0 Å². The molecule has 0 aliphatic carbocycles. The van der Waals surface area contributed by atoms with Crippen molar-refractivity contribution < 1.29 is 9.53 Å². The number of carbonyl (C=O) groups excluding carboxylic acids is 1. The smallest absolute Gasteiger partial charge is 0.389 e. The van der Waals surface area contributed by atoms with Crippen LogP contribution in [0.1, 0.15) is 12.6 Å². The minimum absolute atomic E-state index is 0.226. The van der Waals surface area contributed by atoms with E-state index in [2.05, 4.69) is 32.7 Å². The van der Waals surface area contributed by atoms with Crippen LogP contribution in [0, 0.1) is 3.70 Å². The Labute approximate surface area is 105 Å². The first-order valence-electron chi connectivity index (χ1n) is 4.63. The zero-order chi connectivity index (χ0) is 11.7. The molecule has 0 radical (unpaired) electrons. The number of rotatable bonds is 2. The molecule has 1 amide bonds. The molecule has 7 heteroatoms. The Hall–Kier alpha value is -1.38. The zero-order valence-electron chi connectivity index (χ0n) is 8.48. The van der Waals surface area contributed by atoms with E-state index in [0.29, 0.717) is 12.1 Å². The van der Waals surface area contributed by atoms with Crippen molar-refractivity contribution in [2.45, 2.75) is 13.3 Å². The summed E-state index contributed by atoms with van der Waals surface area (Å²) in [6.45, 7) is 1.93. The number of fused-ring (bicyclic) bond motifs is 1. The van der Waals surface area contributed by atoms with Crippen LogP contribution < -0.4 is 10.5 Å². The maximum atomic E-state index is 10.7. The molecule has 0 saturated carbocycles. The molecule has 0 aromatic carbocycles. The van der Waals surface area contributed by atoms with Crippen LogP contribution in [0.3, 0.4) is 0 Å². The fourth-order valence-electron chi connectivity index (χ4n) is 1.41. The minimum Gasteiger partial charge on any atom is -0.389 e. The third-order valence-corrected chi connectivity index (χ3v) is 2.61. The predicted octanol–water partition coefficient (Wildman–Crippen LogP) is 1.35. The highest BCUT2D eigenvalue weighted by Gasteiger charge is 2.14. The number of imidazole rings is 1. The molecule has 0 saturated heterocycles. The number of ether oxygens (including phenoxy) is 1. The fraction of sp³-hybridized carbons (Fsp3) is 0.222. The highest BCUT2D eigenvalue weighted by molar-refractivity contribution is 14.1. The summed E-state index contributed by atoms with van der Waals surface area (Å²) in [7, 11) is 0. The van der Waals surface area contributed by atoms with Crippen LogP contribution in [0.2, 0.25) is 0 Å². The lowest BCUT2D eigenvalue weighted by molar-refractivity contribution is 0.208. The summed E-state index contributed by atoms with van der Waals surface area (Å²) in [5.41, 5.74) is 6.33. The van der Waals surface area contributed by atoms with Gasteiger partial charge in [0.15, 0.2) is 5.65 Å². The molecule has 16 heavy (non-hydrogen) atoms. The number of nitrogens with two attached hydrogens (primary N) is 1. The third kappa shape index (κ3) is 1.94. The number of aryl methyl sites for hydroxylation is 1. The van der Waals surface area contributed by atoms with Crippen LogP contribution in [-0.4, -0.2) is 20.7 Å². The van der Waals surface area contributed by atoms with Crippen LogP contribution in [0.25, 0.3) is 5.65 Å². The number of carbonyl (C=O) groups is 1. The Balaban J connectivity index is 2.62. The largest absolute Gasteiger partial charge is 0.411 e. The molecule has 2 aromatic heterocycles. The Morgan fingerprint density at radius 2 is 2.38 bits per heavy atom. The number of nitrogens with zero attached hydrogens (tertiary/aromatic N) is 3. The normalized spacial score (nSPS) is 10.6. The quantitative estimate of drug-likeness (QED) is 0.842. The van der Waals surface area contributed by atoms with E-state index in [4.69, 9.17) is 10.5 Å². The van der Waals surface area contributed by atoms with Gasteiger partial charge in [-0.2, -0.15) is 10.1 Å². The van der Waals surface area contributed by atoms with Gasteiger partial charge in [0.1, 0.15) is 9.39 Å². The molecular weight excluding hydrogens is 323 g/mol. The molecule has 6 nitrogen and oxygen atoms in total. The first-order valence-corrected chi connectivity index (χ1v) is 5.71. The van der Waals surface area contributed by atoms with Gasteiger partial charge in [0, 0.05) is 0 Å². The van der Waals surface area contributed by atoms with E-state index in [-0.39, 0.29) is 5.88 Å². The lowest BCUT2D eigenvalue weighted by Gasteiger charge is -1.99. The molecule has 84 valence electrons. The molecule has 2 aromatic rings. The highest BCUT2D eigenvalue weighted by Crippen LogP contribution is 2.20. The molecule has 0 fully saturated rings. The number of primary amides is 1. The SMILES string of the molecule is CCc1c(OC(N)=O)nc2ccc(I)nn12. The van der Waals surface area contributed by atoms with Crippen molar-refractivity contribution >= 4 is 34.3 Å². The van der Waals surface area contributed by atoms with Gasteiger partial charge in [0.25, 0.3) is 0 Å². The van der Waals surface area contributed by atoms with E-state index in [9.17, 15) is 4.79 Å². The van der Waals surface area contributed by atoms with Crippen LogP contribution >= 0.6 is 22.6 Å². The number of halogens is 1.